The molecule has 1 aliphatic heterocycles. The van der Waals surface area contributed by atoms with E-state index in [4.69, 9.17) is 11.6 Å². The maximum atomic E-state index is 12.7. The topological polar surface area (TPSA) is 85.9 Å². The first kappa shape index (κ1) is 19.5. The van der Waals surface area contributed by atoms with Crippen LogP contribution in [0.4, 0.5) is 11.5 Å². The van der Waals surface area contributed by atoms with E-state index in [2.05, 4.69) is 25.6 Å². The lowest BCUT2D eigenvalue weighted by Gasteiger charge is -2.27. The molecule has 0 radical (unpaired) electrons. The molecule has 0 aliphatic carbocycles. The second-order valence-corrected chi connectivity index (χ2v) is 7.83. The number of aromatic nitrogens is 3. The van der Waals surface area contributed by atoms with Gasteiger partial charge >= 0.3 is 0 Å². The van der Waals surface area contributed by atoms with E-state index < -0.39 is 0 Å². The highest BCUT2D eigenvalue weighted by atomic mass is 35.5. The fourth-order valence-corrected chi connectivity index (χ4v) is 3.93. The zero-order chi connectivity index (χ0) is 21.2. The van der Waals surface area contributed by atoms with Crippen LogP contribution in [0, 0.1) is 0 Å². The van der Waals surface area contributed by atoms with Crippen molar-refractivity contribution in [2.45, 2.75) is 0 Å². The van der Waals surface area contributed by atoms with Gasteiger partial charge in [-0.2, -0.15) is 0 Å². The van der Waals surface area contributed by atoms with Crippen LogP contribution in [-0.4, -0.2) is 51.9 Å². The number of anilines is 2. The number of nitrogens with one attached hydrogen (secondary N) is 3. The second-order valence-electron chi connectivity index (χ2n) is 7.42. The van der Waals surface area contributed by atoms with E-state index in [1.54, 1.807) is 30.6 Å². The van der Waals surface area contributed by atoms with Crippen molar-refractivity contribution >= 4 is 39.9 Å². The number of carbonyl (C=O) groups excluding carboxylic acids is 1. The number of piperazine rings is 1. The first-order chi connectivity index (χ1) is 15.2. The van der Waals surface area contributed by atoms with Crippen LogP contribution in [0.25, 0.3) is 22.3 Å². The summed E-state index contributed by atoms with van der Waals surface area (Å²) in [6.07, 6.45) is 3.36. The second kappa shape index (κ2) is 8.37. The molecule has 2 aromatic heterocycles. The van der Waals surface area contributed by atoms with Gasteiger partial charge < -0.3 is 20.5 Å². The standard InChI is InChI=1S/C23H21ClN6O/c24-17-11-16(23(31)30-9-7-25-8-10-30)5-6-19(17)28-22-14-26-13-21(29-22)20-12-15-3-1-2-4-18(15)27-20/h1-6,11-14,25,27H,7-10H2,(H,28,29). The summed E-state index contributed by atoms with van der Waals surface area (Å²) in [7, 11) is 0. The molecule has 8 heteroatoms. The van der Waals surface area contributed by atoms with Gasteiger partial charge in [-0.1, -0.05) is 29.8 Å². The molecule has 3 heterocycles. The Balaban J connectivity index is 1.36. The Kier molecular flexibility index (Phi) is 5.28. The molecule has 1 fully saturated rings. The quantitative estimate of drug-likeness (QED) is 0.452. The van der Waals surface area contributed by atoms with E-state index in [0.29, 0.717) is 35.2 Å². The third kappa shape index (κ3) is 4.10. The number of rotatable bonds is 4. The average molecular weight is 433 g/mol. The van der Waals surface area contributed by atoms with Crippen molar-refractivity contribution in [3.05, 3.63) is 71.5 Å². The summed E-state index contributed by atoms with van der Waals surface area (Å²) in [4.78, 5) is 26.9. The monoisotopic (exact) mass is 432 g/mol. The minimum atomic E-state index is -0.00412. The van der Waals surface area contributed by atoms with Crippen molar-refractivity contribution in [1.82, 2.24) is 25.2 Å². The molecule has 1 amide bonds. The Labute approximate surface area is 184 Å². The largest absolute Gasteiger partial charge is 0.353 e. The molecule has 7 nitrogen and oxygen atoms in total. The molecule has 0 unspecified atom stereocenters. The lowest BCUT2D eigenvalue weighted by atomic mass is 10.1. The molecule has 0 spiro atoms. The number of nitrogens with zero attached hydrogens (tertiary/aromatic N) is 3. The Hall–Kier alpha value is -3.42. The van der Waals surface area contributed by atoms with E-state index in [-0.39, 0.29) is 5.91 Å². The Morgan fingerprint density at radius 3 is 2.71 bits per heavy atom. The van der Waals surface area contributed by atoms with Crippen LogP contribution in [0.3, 0.4) is 0 Å². The maximum absolute atomic E-state index is 12.7. The molecule has 5 rings (SSSR count). The normalized spacial score (nSPS) is 14.0. The smallest absolute Gasteiger partial charge is 0.253 e. The minimum absolute atomic E-state index is 0.00412. The number of hydrogen-bond acceptors (Lipinski definition) is 5. The molecule has 31 heavy (non-hydrogen) atoms. The first-order valence-corrected chi connectivity index (χ1v) is 10.5. The number of carbonyl (C=O) groups is 1. The first-order valence-electron chi connectivity index (χ1n) is 10.1. The molecule has 0 atom stereocenters. The number of fused-ring (bicyclic) bond motifs is 1. The number of halogens is 1. The number of amides is 1. The number of aromatic amines is 1. The van der Waals surface area contributed by atoms with Crippen molar-refractivity contribution in [3.63, 3.8) is 0 Å². The highest BCUT2D eigenvalue weighted by Crippen LogP contribution is 2.28. The molecule has 4 aromatic rings. The molecule has 1 saturated heterocycles. The van der Waals surface area contributed by atoms with Gasteiger partial charge in [0.25, 0.3) is 5.91 Å². The SMILES string of the molecule is O=C(c1ccc(Nc2cncc(-c3cc4ccccc4[nH]3)n2)c(Cl)c1)N1CCNCC1. The molecular weight excluding hydrogens is 412 g/mol. The van der Waals surface area contributed by atoms with Gasteiger partial charge in [0.2, 0.25) is 0 Å². The van der Waals surface area contributed by atoms with Gasteiger partial charge in [0.05, 0.1) is 28.8 Å². The molecule has 156 valence electrons. The van der Waals surface area contributed by atoms with Crippen molar-refractivity contribution in [3.8, 4) is 11.4 Å². The van der Waals surface area contributed by atoms with Crippen molar-refractivity contribution in [2.75, 3.05) is 31.5 Å². The number of benzene rings is 2. The maximum Gasteiger partial charge on any atom is 0.253 e. The van der Waals surface area contributed by atoms with Crippen LogP contribution >= 0.6 is 11.6 Å². The van der Waals surface area contributed by atoms with E-state index in [0.717, 1.165) is 35.4 Å². The molecule has 1 aliphatic rings. The minimum Gasteiger partial charge on any atom is -0.353 e. The zero-order valence-electron chi connectivity index (χ0n) is 16.7. The Bertz CT molecular complexity index is 1210. The highest BCUT2D eigenvalue weighted by Gasteiger charge is 2.19. The van der Waals surface area contributed by atoms with Gasteiger partial charge in [0.15, 0.2) is 0 Å². The number of para-hydroxylation sites is 1. The van der Waals surface area contributed by atoms with E-state index >= 15 is 0 Å². The molecule has 0 saturated carbocycles. The average Bonchev–Trinajstić information content (AvgIpc) is 3.25. The summed E-state index contributed by atoms with van der Waals surface area (Å²) >= 11 is 6.47. The Morgan fingerprint density at radius 2 is 1.90 bits per heavy atom. The van der Waals surface area contributed by atoms with Gasteiger partial charge in [-0.05, 0) is 30.3 Å². The third-order valence-electron chi connectivity index (χ3n) is 5.32. The summed E-state index contributed by atoms with van der Waals surface area (Å²) in [5.74, 6) is 0.565. The van der Waals surface area contributed by atoms with Crippen molar-refractivity contribution in [1.29, 1.82) is 0 Å². The third-order valence-corrected chi connectivity index (χ3v) is 5.64. The van der Waals surface area contributed by atoms with Crippen LogP contribution in [-0.2, 0) is 0 Å². The van der Waals surface area contributed by atoms with Gasteiger partial charge in [-0.15, -0.1) is 0 Å². The van der Waals surface area contributed by atoms with Gasteiger partial charge in [0, 0.05) is 42.6 Å². The summed E-state index contributed by atoms with van der Waals surface area (Å²) in [6, 6.07) is 15.4. The summed E-state index contributed by atoms with van der Waals surface area (Å²) in [5, 5.41) is 8.03. The summed E-state index contributed by atoms with van der Waals surface area (Å²) < 4.78 is 0. The van der Waals surface area contributed by atoms with Crippen LogP contribution in [0.15, 0.2) is 60.9 Å². The van der Waals surface area contributed by atoms with Crippen LogP contribution in [0.1, 0.15) is 10.4 Å². The number of H-pyrrole nitrogens is 1. The fraction of sp³-hybridized carbons (Fsp3) is 0.174. The van der Waals surface area contributed by atoms with Crippen molar-refractivity contribution < 1.29 is 4.79 Å². The van der Waals surface area contributed by atoms with Crippen LogP contribution in [0.5, 0.6) is 0 Å². The van der Waals surface area contributed by atoms with Crippen LogP contribution < -0.4 is 10.6 Å². The number of hydrogen-bond donors (Lipinski definition) is 3. The Morgan fingerprint density at radius 1 is 1.06 bits per heavy atom. The predicted octanol–water partition coefficient (Wildman–Crippen LogP) is 4.07. The van der Waals surface area contributed by atoms with Gasteiger partial charge in [0.1, 0.15) is 11.5 Å². The van der Waals surface area contributed by atoms with Gasteiger partial charge in [-0.25, -0.2) is 4.98 Å². The molecule has 0 bridgehead atoms. The van der Waals surface area contributed by atoms with Crippen molar-refractivity contribution in [2.24, 2.45) is 0 Å². The van der Waals surface area contributed by atoms with E-state index in [1.807, 2.05) is 35.2 Å². The fourth-order valence-electron chi connectivity index (χ4n) is 3.71. The van der Waals surface area contributed by atoms with Crippen LogP contribution in [0.2, 0.25) is 5.02 Å². The lowest BCUT2D eigenvalue weighted by molar-refractivity contribution is 0.0736. The lowest BCUT2D eigenvalue weighted by Crippen LogP contribution is -2.46. The summed E-state index contributed by atoms with van der Waals surface area (Å²) in [6.45, 7) is 3.02. The predicted molar refractivity (Wildman–Crippen MR) is 123 cm³/mol. The molecule has 2 aromatic carbocycles. The van der Waals surface area contributed by atoms with Gasteiger partial charge in [-0.3, -0.25) is 9.78 Å². The van der Waals surface area contributed by atoms with E-state index in [9.17, 15) is 4.79 Å². The van der Waals surface area contributed by atoms with E-state index in [1.165, 1.54) is 0 Å². The zero-order valence-corrected chi connectivity index (χ0v) is 17.5. The highest BCUT2D eigenvalue weighted by molar-refractivity contribution is 6.33. The molecule has 3 N–H and O–H groups in total. The summed E-state index contributed by atoms with van der Waals surface area (Å²) in [5.41, 5.74) is 3.91. The molecular formula is C23H21ClN6O.